The first-order valence-corrected chi connectivity index (χ1v) is 14.5. The second kappa shape index (κ2) is 11.4. The van der Waals surface area contributed by atoms with Crippen LogP contribution in [0.1, 0.15) is 60.5 Å². The van der Waals surface area contributed by atoms with Crippen molar-refractivity contribution in [2.75, 3.05) is 19.6 Å². The Kier molecular flexibility index (Phi) is 7.58. The Labute approximate surface area is 234 Å². The van der Waals surface area contributed by atoms with Gasteiger partial charge in [0.2, 0.25) is 5.91 Å². The highest BCUT2D eigenvalue weighted by Gasteiger charge is 2.29. The van der Waals surface area contributed by atoms with Gasteiger partial charge in [-0.15, -0.1) is 0 Å². The third kappa shape index (κ3) is 5.68. The molecule has 0 spiro atoms. The molecule has 1 aromatic heterocycles. The van der Waals surface area contributed by atoms with Crippen LogP contribution < -0.4 is 10.6 Å². The highest BCUT2D eigenvalue weighted by atomic mass is 35.5. The molecule has 2 amide bonds. The standard InChI is InChI=1S/C32H35ClN4O2/c33-28-20-34-29-18-25(11-12-27(28)29)31(38)36-30(24-10-9-22-5-1-2-6-23(22)17-24)32(39)35-19-21-13-15-37(16-14-21)26-7-3-4-8-26/h1-2,5-6,9-12,17-18,20-21,26,30,34H,3-4,7-8,13-16,19H2,(H,35,39)(H,36,38). The van der Waals surface area contributed by atoms with Gasteiger partial charge in [-0.3, -0.25) is 9.59 Å². The number of aromatic nitrogens is 1. The quantitative estimate of drug-likeness (QED) is 0.259. The largest absolute Gasteiger partial charge is 0.360 e. The summed E-state index contributed by atoms with van der Waals surface area (Å²) in [6.45, 7) is 2.85. The Hall–Kier alpha value is -3.35. The molecule has 2 fully saturated rings. The van der Waals surface area contributed by atoms with Gasteiger partial charge in [-0.05, 0) is 79.2 Å². The van der Waals surface area contributed by atoms with E-state index in [1.165, 1.54) is 25.7 Å². The smallest absolute Gasteiger partial charge is 0.252 e. The Morgan fingerprint density at radius 3 is 2.51 bits per heavy atom. The number of hydrogen-bond acceptors (Lipinski definition) is 3. The number of nitrogens with zero attached hydrogens (tertiary/aromatic N) is 1. The van der Waals surface area contributed by atoms with Gasteiger partial charge in [-0.25, -0.2) is 0 Å². The van der Waals surface area contributed by atoms with Crippen molar-refractivity contribution in [2.24, 2.45) is 5.92 Å². The highest BCUT2D eigenvalue weighted by Crippen LogP contribution is 2.28. The van der Waals surface area contributed by atoms with Crippen molar-refractivity contribution in [1.82, 2.24) is 20.5 Å². The summed E-state index contributed by atoms with van der Waals surface area (Å²) in [6, 6.07) is 19.3. The fraction of sp³-hybridized carbons (Fsp3) is 0.375. The molecule has 202 valence electrons. The molecular formula is C32H35ClN4O2. The molecule has 6 nitrogen and oxygen atoms in total. The number of benzene rings is 3. The van der Waals surface area contributed by atoms with Crippen LogP contribution >= 0.6 is 11.6 Å². The van der Waals surface area contributed by atoms with Gasteiger partial charge in [0.05, 0.1) is 5.02 Å². The van der Waals surface area contributed by atoms with E-state index in [1.54, 1.807) is 18.3 Å². The maximum Gasteiger partial charge on any atom is 0.252 e. The van der Waals surface area contributed by atoms with Crippen LogP contribution in [0.4, 0.5) is 0 Å². The summed E-state index contributed by atoms with van der Waals surface area (Å²) in [5.74, 6) is -0.0266. The molecule has 1 aliphatic heterocycles. The van der Waals surface area contributed by atoms with Gasteiger partial charge in [0.1, 0.15) is 6.04 Å². The number of carbonyl (C=O) groups is 2. The van der Waals surface area contributed by atoms with Crippen molar-refractivity contribution < 1.29 is 9.59 Å². The van der Waals surface area contributed by atoms with Crippen molar-refractivity contribution in [3.8, 4) is 0 Å². The van der Waals surface area contributed by atoms with Crippen LogP contribution in [-0.4, -0.2) is 47.4 Å². The predicted molar refractivity (Wildman–Crippen MR) is 157 cm³/mol. The number of carbonyl (C=O) groups excluding carboxylic acids is 2. The summed E-state index contributed by atoms with van der Waals surface area (Å²) >= 11 is 6.21. The maximum atomic E-state index is 13.6. The topological polar surface area (TPSA) is 77.2 Å². The average molecular weight is 543 g/mol. The Balaban J connectivity index is 1.17. The predicted octanol–water partition coefficient (Wildman–Crippen LogP) is 6.22. The lowest BCUT2D eigenvalue weighted by molar-refractivity contribution is -0.123. The van der Waals surface area contributed by atoms with Gasteiger partial charge in [0.15, 0.2) is 0 Å². The van der Waals surface area contributed by atoms with Crippen LogP contribution in [0, 0.1) is 5.92 Å². The summed E-state index contributed by atoms with van der Waals surface area (Å²) in [6.07, 6.45) is 9.28. The van der Waals surface area contributed by atoms with Gasteiger partial charge < -0.3 is 20.5 Å². The van der Waals surface area contributed by atoms with Gasteiger partial charge in [-0.1, -0.05) is 66.9 Å². The first-order valence-electron chi connectivity index (χ1n) is 14.1. The Morgan fingerprint density at radius 1 is 0.949 bits per heavy atom. The Morgan fingerprint density at radius 2 is 1.72 bits per heavy atom. The molecule has 3 N–H and O–H groups in total. The number of hydrogen-bond donors (Lipinski definition) is 3. The lowest BCUT2D eigenvalue weighted by Crippen LogP contribution is -2.45. The summed E-state index contributed by atoms with van der Waals surface area (Å²) in [7, 11) is 0. The van der Waals surface area contributed by atoms with Gasteiger partial charge >= 0.3 is 0 Å². The number of halogens is 1. The summed E-state index contributed by atoms with van der Waals surface area (Å²) in [4.78, 5) is 32.7. The first-order chi connectivity index (χ1) is 19.0. The van der Waals surface area contributed by atoms with E-state index >= 15 is 0 Å². The average Bonchev–Trinajstić information content (AvgIpc) is 3.65. The van der Waals surface area contributed by atoms with Crippen molar-refractivity contribution in [2.45, 2.75) is 50.6 Å². The van der Waals surface area contributed by atoms with Crippen molar-refractivity contribution in [3.05, 3.63) is 83.0 Å². The number of nitrogens with one attached hydrogen (secondary N) is 3. The molecule has 39 heavy (non-hydrogen) atoms. The molecule has 1 unspecified atom stereocenters. The molecule has 7 heteroatoms. The van der Waals surface area contributed by atoms with Crippen LogP contribution in [0.2, 0.25) is 5.02 Å². The molecule has 1 saturated heterocycles. The second-order valence-electron chi connectivity index (χ2n) is 11.1. The zero-order valence-corrected chi connectivity index (χ0v) is 22.8. The SMILES string of the molecule is O=C(NC(C(=O)NCC1CCN(C2CCCC2)CC1)c1ccc2ccccc2c1)c1ccc2c(Cl)c[nH]c2c1. The van der Waals surface area contributed by atoms with E-state index in [9.17, 15) is 9.59 Å². The van der Waals surface area contributed by atoms with Gasteiger partial charge in [0, 0.05) is 35.2 Å². The minimum absolute atomic E-state index is 0.180. The van der Waals surface area contributed by atoms with E-state index in [0.717, 1.165) is 59.2 Å². The summed E-state index contributed by atoms with van der Waals surface area (Å²) in [5, 5.41) is 9.78. The maximum absolute atomic E-state index is 13.6. The molecule has 4 aromatic rings. The van der Waals surface area contributed by atoms with E-state index < -0.39 is 6.04 Å². The lowest BCUT2D eigenvalue weighted by Gasteiger charge is -2.36. The van der Waals surface area contributed by atoms with Crippen LogP contribution in [0.15, 0.2) is 66.9 Å². The number of aromatic amines is 1. The molecule has 0 radical (unpaired) electrons. The molecule has 1 saturated carbocycles. The van der Waals surface area contributed by atoms with Crippen LogP contribution in [-0.2, 0) is 4.79 Å². The Bertz CT molecular complexity index is 1480. The number of rotatable bonds is 7. The van der Waals surface area contributed by atoms with E-state index in [-0.39, 0.29) is 11.8 Å². The van der Waals surface area contributed by atoms with E-state index in [1.807, 2.05) is 48.5 Å². The summed E-state index contributed by atoms with van der Waals surface area (Å²) < 4.78 is 0. The number of likely N-dealkylation sites (tertiary alicyclic amines) is 1. The van der Waals surface area contributed by atoms with E-state index in [2.05, 4.69) is 20.5 Å². The zero-order valence-electron chi connectivity index (χ0n) is 22.1. The molecule has 2 heterocycles. The molecule has 1 aliphatic carbocycles. The van der Waals surface area contributed by atoms with E-state index in [0.29, 0.717) is 23.0 Å². The fourth-order valence-corrected chi connectivity index (χ4v) is 6.49. The van der Waals surface area contributed by atoms with Crippen LogP contribution in [0.25, 0.3) is 21.7 Å². The molecule has 1 atom stereocenters. The zero-order chi connectivity index (χ0) is 26.8. The van der Waals surface area contributed by atoms with Crippen LogP contribution in [0.3, 0.4) is 0 Å². The first kappa shape index (κ1) is 25.9. The lowest BCUT2D eigenvalue weighted by atomic mass is 9.95. The van der Waals surface area contributed by atoms with Gasteiger partial charge in [-0.2, -0.15) is 0 Å². The minimum Gasteiger partial charge on any atom is -0.360 e. The highest BCUT2D eigenvalue weighted by molar-refractivity contribution is 6.35. The number of fused-ring (bicyclic) bond motifs is 2. The monoisotopic (exact) mass is 542 g/mol. The fourth-order valence-electron chi connectivity index (χ4n) is 6.27. The van der Waals surface area contributed by atoms with Crippen molar-refractivity contribution in [3.63, 3.8) is 0 Å². The number of amides is 2. The van der Waals surface area contributed by atoms with Gasteiger partial charge in [0.25, 0.3) is 5.91 Å². The van der Waals surface area contributed by atoms with Crippen molar-refractivity contribution in [1.29, 1.82) is 0 Å². The minimum atomic E-state index is -0.802. The normalized spacial score (nSPS) is 18.0. The second-order valence-corrected chi connectivity index (χ2v) is 11.5. The third-order valence-electron chi connectivity index (χ3n) is 8.59. The van der Waals surface area contributed by atoms with E-state index in [4.69, 9.17) is 11.6 Å². The third-order valence-corrected chi connectivity index (χ3v) is 8.91. The molecule has 2 aliphatic rings. The van der Waals surface area contributed by atoms with Crippen LogP contribution in [0.5, 0.6) is 0 Å². The molecule has 6 rings (SSSR count). The molecule has 0 bridgehead atoms. The van der Waals surface area contributed by atoms with Crippen molar-refractivity contribution >= 4 is 45.1 Å². The molecule has 3 aromatic carbocycles. The number of H-pyrrole nitrogens is 1. The number of piperidine rings is 1. The summed E-state index contributed by atoms with van der Waals surface area (Å²) in [5.41, 5.74) is 2.02. The molecular weight excluding hydrogens is 508 g/mol.